The first kappa shape index (κ1) is 19.5. The van der Waals surface area contributed by atoms with Crippen molar-refractivity contribution in [3.8, 4) is 5.88 Å². The van der Waals surface area contributed by atoms with Crippen molar-refractivity contribution in [3.05, 3.63) is 81.5 Å². The molecule has 3 aliphatic rings. The van der Waals surface area contributed by atoms with Crippen molar-refractivity contribution in [2.45, 2.75) is 18.5 Å². The van der Waals surface area contributed by atoms with Gasteiger partial charge in [0, 0.05) is 22.4 Å². The molecule has 6 rings (SSSR count). The molecule has 164 valence electrons. The number of ketones is 2. The Morgan fingerprint density at radius 3 is 2.42 bits per heavy atom. The maximum atomic E-state index is 13.8. The van der Waals surface area contributed by atoms with E-state index in [1.165, 1.54) is 12.1 Å². The van der Waals surface area contributed by atoms with E-state index in [0.717, 1.165) is 12.1 Å². The highest BCUT2D eigenvalue weighted by atomic mass is 19.4. The highest BCUT2D eigenvalue weighted by Gasteiger charge is 2.62. The zero-order valence-corrected chi connectivity index (χ0v) is 16.8. The van der Waals surface area contributed by atoms with E-state index < -0.39 is 40.3 Å². The Kier molecular flexibility index (Phi) is 3.52. The fraction of sp³-hybridized carbons (Fsp3) is 0.130. The molecule has 3 aromatic rings. The normalized spacial score (nSPS) is 20.8. The number of anilines is 1. The van der Waals surface area contributed by atoms with E-state index >= 15 is 0 Å². The van der Waals surface area contributed by atoms with Gasteiger partial charge in [0.05, 0.1) is 22.4 Å². The van der Waals surface area contributed by atoms with Gasteiger partial charge < -0.3 is 10.1 Å². The third-order valence-corrected chi connectivity index (χ3v) is 6.29. The Hall–Kier alpha value is -4.21. The van der Waals surface area contributed by atoms with Gasteiger partial charge >= 0.3 is 6.18 Å². The minimum Gasteiger partial charge on any atom is -0.436 e. The van der Waals surface area contributed by atoms with Crippen molar-refractivity contribution in [1.29, 1.82) is 0 Å². The molecule has 1 aromatic heterocycles. The van der Waals surface area contributed by atoms with Crippen LogP contribution in [-0.2, 0) is 21.2 Å². The zero-order chi connectivity index (χ0) is 23.3. The largest absolute Gasteiger partial charge is 0.436 e. The number of amides is 1. The monoisotopic (exact) mass is 451 g/mol. The number of Topliss-reactive ketones (excluding diaryl/α,β-unsaturated/α-hetero) is 2. The Bertz CT molecular complexity index is 1480. The first-order valence-electron chi connectivity index (χ1n) is 9.86. The van der Waals surface area contributed by atoms with Gasteiger partial charge in [0.15, 0.2) is 0 Å². The molecule has 10 heteroatoms. The number of rotatable bonds is 0. The van der Waals surface area contributed by atoms with Crippen molar-refractivity contribution in [3.63, 3.8) is 0 Å². The van der Waals surface area contributed by atoms with E-state index in [1.54, 1.807) is 25.1 Å². The van der Waals surface area contributed by atoms with Crippen LogP contribution >= 0.6 is 0 Å². The van der Waals surface area contributed by atoms with Gasteiger partial charge in [-0.05, 0) is 13.0 Å². The number of aromatic nitrogens is 2. The molecule has 3 heterocycles. The molecule has 1 atom stereocenters. The number of benzene rings is 2. The minimum atomic E-state index is -4.76. The number of para-hydroxylation sites is 1. The summed E-state index contributed by atoms with van der Waals surface area (Å²) in [6.45, 7) is 1.56. The smallest absolute Gasteiger partial charge is 0.418 e. The van der Waals surface area contributed by atoms with Crippen LogP contribution in [0.2, 0.25) is 0 Å². The fourth-order valence-corrected chi connectivity index (χ4v) is 5.01. The third-order valence-electron chi connectivity index (χ3n) is 6.29. The van der Waals surface area contributed by atoms with Gasteiger partial charge in [-0.1, -0.05) is 36.4 Å². The highest BCUT2D eigenvalue weighted by molar-refractivity contribution is 6.54. The molecule has 0 saturated heterocycles. The molecular weight excluding hydrogens is 439 g/mol. The number of halogens is 3. The summed E-state index contributed by atoms with van der Waals surface area (Å²) in [4.78, 5) is 40.1. The summed E-state index contributed by atoms with van der Waals surface area (Å²) < 4.78 is 47.3. The second-order valence-electron chi connectivity index (χ2n) is 7.97. The highest BCUT2D eigenvalue weighted by Crippen LogP contribution is 2.58. The molecule has 1 spiro atoms. The predicted octanol–water partition coefficient (Wildman–Crippen LogP) is 3.54. The molecular formula is C23H12F3N3O4. The molecule has 0 bridgehead atoms. The SMILES string of the molecule is Cc1[nH]nc2c1C1(C(=O)Nc3c(C(F)(F)F)cccc31)C1=C(O2)c2ccccc2C(=O)C1=O. The predicted molar refractivity (Wildman–Crippen MR) is 108 cm³/mol. The number of aryl methyl sites for hydroxylation is 1. The number of alkyl halides is 3. The molecule has 2 aliphatic heterocycles. The summed E-state index contributed by atoms with van der Waals surface area (Å²) in [7, 11) is 0. The van der Waals surface area contributed by atoms with Crippen LogP contribution in [0.4, 0.5) is 18.9 Å². The number of H-pyrrole nitrogens is 1. The molecule has 1 unspecified atom stereocenters. The van der Waals surface area contributed by atoms with Crippen molar-refractivity contribution in [1.82, 2.24) is 10.2 Å². The van der Waals surface area contributed by atoms with Crippen LogP contribution in [0.15, 0.2) is 48.0 Å². The molecule has 2 aromatic carbocycles. The zero-order valence-electron chi connectivity index (χ0n) is 16.8. The molecule has 1 aliphatic carbocycles. The van der Waals surface area contributed by atoms with Crippen LogP contribution in [0.3, 0.4) is 0 Å². The van der Waals surface area contributed by atoms with Crippen LogP contribution in [0, 0.1) is 6.92 Å². The van der Waals surface area contributed by atoms with Crippen LogP contribution in [0.25, 0.3) is 5.76 Å². The summed E-state index contributed by atoms with van der Waals surface area (Å²) >= 11 is 0. The van der Waals surface area contributed by atoms with Gasteiger partial charge in [-0.15, -0.1) is 5.10 Å². The number of fused-ring (bicyclic) bond motifs is 7. The topological polar surface area (TPSA) is 101 Å². The van der Waals surface area contributed by atoms with Gasteiger partial charge in [-0.3, -0.25) is 19.5 Å². The van der Waals surface area contributed by atoms with E-state index in [2.05, 4.69) is 15.5 Å². The number of nitrogens with zero attached hydrogens (tertiary/aromatic N) is 1. The van der Waals surface area contributed by atoms with Crippen molar-refractivity contribution in [2.24, 2.45) is 0 Å². The lowest BCUT2D eigenvalue weighted by molar-refractivity contribution is -0.136. The lowest BCUT2D eigenvalue weighted by atomic mass is 9.64. The molecule has 0 saturated carbocycles. The fourth-order valence-electron chi connectivity index (χ4n) is 5.01. The Labute approximate surface area is 183 Å². The average Bonchev–Trinajstić information content (AvgIpc) is 3.29. The Morgan fingerprint density at radius 1 is 0.970 bits per heavy atom. The van der Waals surface area contributed by atoms with Crippen molar-refractivity contribution in [2.75, 3.05) is 5.32 Å². The second kappa shape index (κ2) is 5.97. The van der Waals surface area contributed by atoms with Crippen LogP contribution in [0.5, 0.6) is 5.88 Å². The van der Waals surface area contributed by atoms with Crippen LogP contribution < -0.4 is 10.1 Å². The van der Waals surface area contributed by atoms with Gasteiger partial charge in [0.1, 0.15) is 11.2 Å². The Morgan fingerprint density at radius 2 is 1.70 bits per heavy atom. The number of carbonyl (C=O) groups excluding carboxylic acids is 3. The number of nitrogens with one attached hydrogen (secondary N) is 2. The van der Waals surface area contributed by atoms with E-state index in [-0.39, 0.29) is 39.5 Å². The molecule has 1 amide bonds. The Balaban J connectivity index is 1.79. The van der Waals surface area contributed by atoms with E-state index in [4.69, 9.17) is 4.74 Å². The van der Waals surface area contributed by atoms with Crippen LogP contribution in [0.1, 0.15) is 38.3 Å². The summed E-state index contributed by atoms with van der Waals surface area (Å²) in [6.07, 6.45) is -4.76. The number of aromatic amines is 1. The minimum absolute atomic E-state index is 0.0522. The lowest BCUT2D eigenvalue weighted by Crippen LogP contribution is -2.47. The molecule has 2 N–H and O–H groups in total. The maximum absolute atomic E-state index is 13.8. The molecule has 0 radical (unpaired) electrons. The molecule has 33 heavy (non-hydrogen) atoms. The maximum Gasteiger partial charge on any atom is 0.418 e. The number of hydrogen-bond acceptors (Lipinski definition) is 5. The standard InChI is InChI=1S/C23H12F3N3O4/c1-9-14-20(29-28-9)33-19-11-6-3-2-5-10(11)17(30)18(31)15(19)22(14)12-7-4-8-13(23(24,25)26)16(12)27-21(22)32/h2-8H,1H3,(H,27,32)(H,28,29). The third kappa shape index (κ3) is 2.19. The number of hydrogen-bond donors (Lipinski definition) is 2. The van der Waals surface area contributed by atoms with E-state index in [9.17, 15) is 27.6 Å². The summed E-state index contributed by atoms with van der Waals surface area (Å²) in [5.41, 5.74) is -3.23. The first-order valence-corrected chi connectivity index (χ1v) is 9.86. The summed E-state index contributed by atoms with van der Waals surface area (Å²) in [5.74, 6) is -2.91. The quantitative estimate of drug-likeness (QED) is 0.509. The molecule has 0 fully saturated rings. The molecule has 7 nitrogen and oxygen atoms in total. The van der Waals surface area contributed by atoms with E-state index in [0.29, 0.717) is 5.69 Å². The number of ether oxygens (including phenoxy) is 1. The van der Waals surface area contributed by atoms with Gasteiger partial charge in [0.25, 0.3) is 0 Å². The second-order valence-corrected chi connectivity index (χ2v) is 7.97. The summed E-state index contributed by atoms with van der Waals surface area (Å²) in [6, 6.07) is 9.55. The first-order chi connectivity index (χ1) is 15.7. The van der Waals surface area contributed by atoms with Gasteiger partial charge in [0.2, 0.25) is 23.4 Å². The van der Waals surface area contributed by atoms with Gasteiger partial charge in [-0.25, -0.2) is 0 Å². The van der Waals surface area contributed by atoms with Gasteiger partial charge in [-0.2, -0.15) is 13.2 Å². The van der Waals surface area contributed by atoms with Crippen LogP contribution in [-0.4, -0.2) is 27.7 Å². The average molecular weight is 451 g/mol. The summed E-state index contributed by atoms with van der Waals surface area (Å²) in [5, 5.41) is 9.10. The van der Waals surface area contributed by atoms with Crippen molar-refractivity contribution < 1.29 is 32.3 Å². The van der Waals surface area contributed by atoms with Crippen molar-refractivity contribution >= 4 is 28.9 Å². The van der Waals surface area contributed by atoms with E-state index in [1.807, 2.05) is 0 Å². The number of carbonyl (C=O) groups is 3. The lowest BCUT2D eigenvalue weighted by Gasteiger charge is -2.37.